The lowest BCUT2D eigenvalue weighted by atomic mass is 10.0. The zero-order valence-electron chi connectivity index (χ0n) is 12.4. The number of rotatable bonds is 4. The molecular formula is C18H17Cl2NO. The largest absolute Gasteiger partial charge is 0.322 e. The van der Waals surface area contributed by atoms with Crippen LogP contribution < -0.4 is 5.32 Å². The molecule has 0 unspecified atom stereocenters. The summed E-state index contributed by atoms with van der Waals surface area (Å²) in [5.41, 5.74) is 2.77. The summed E-state index contributed by atoms with van der Waals surface area (Å²) in [6.07, 6.45) is 3.19. The van der Waals surface area contributed by atoms with Gasteiger partial charge in [-0.15, -0.1) is 0 Å². The van der Waals surface area contributed by atoms with Crippen LogP contribution >= 0.6 is 23.2 Å². The molecular weight excluding hydrogens is 317 g/mol. The summed E-state index contributed by atoms with van der Waals surface area (Å²) in [4.78, 5) is 12.1. The first-order valence-electron chi connectivity index (χ1n) is 7.00. The quantitative estimate of drug-likeness (QED) is 0.707. The average molecular weight is 334 g/mol. The van der Waals surface area contributed by atoms with Gasteiger partial charge in [0.05, 0.1) is 10.0 Å². The first kappa shape index (κ1) is 16.6. The van der Waals surface area contributed by atoms with E-state index < -0.39 is 0 Å². The maximum Gasteiger partial charge on any atom is 0.248 e. The van der Waals surface area contributed by atoms with Crippen molar-refractivity contribution in [3.8, 4) is 0 Å². The number of halogens is 2. The van der Waals surface area contributed by atoms with Gasteiger partial charge in [0.2, 0.25) is 5.91 Å². The van der Waals surface area contributed by atoms with E-state index in [0.717, 1.165) is 16.8 Å². The highest BCUT2D eigenvalue weighted by atomic mass is 35.5. The van der Waals surface area contributed by atoms with Crippen molar-refractivity contribution in [2.45, 2.75) is 19.8 Å². The molecule has 1 amide bonds. The summed E-state index contributed by atoms with van der Waals surface area (Å²) in [5, 5.41) is 3.86. The average Bonchev–Trinajstić information content (AvgIpc) is 2.49. The van der Waals surface area contributed by atoms with E-state index in [4.69, 9.17) is 23.2 Å². The normalized spacial score (nSPS) is 11.1. The second-order valence-electron chi connectivity index (χ2n) is 5.24. The summed E-state index contributed by atoms with van der Waals surface area (Å²) < 4.78 is 0. The van der Waals surface area contributed by atoms with Gasteiger partial charge in [-0.2, -0.15) is 0 Å². The van der Waals surface area contributed by atoms with E-state index >= 15 is 0 Å². The molecule has 2 aromatic rings. The molecule has 0 radical (unpaired) electrons. The molecule has 2 rings (SSSR count). The van der Waals surface area contributed by atoms with E-state index in [1.807, 2.05) is 24.3 Å². The van der Waals surface area contributed by atoms with Crippen LogP contribution in [0.1, 0.15) is 30.9 Å². The molecule has 0 atom stereocenters. The smallest absolute Gasteiger partial charge is 0.248 e. The lowest BCUT2D eigenvalue weighted by molar-refractivity contribution is -0.111. The third-order valence-corrected chi connectivity index (χ3v) is 3.95. The number of benzene rings is 2. The van der Waals surface area contributed by atoms with Gasteiger partial charge in [0, 0.05) is 11.8 Å². The maximum atomic E-state index is 12.1. The highest BCUT2D eigenvalue weighted by Gasteiger charge is 2.07. The molecule has 0 fully saturated rings. The van der Waals surface area contributed by atoms with Crippen molar-refractivity contribution < 1.29 is 4.79 Å². The number of nitrogens with one attached hydrogen (secondary N) is 1. The molecule has 0 aromatic heterocycles. The van der Waals surface area contributed by atoms with Crippen LogP contribution in [0.3, 0.4) is 0 Å². The number of hydrogen-bond acceptors (Lipinski definition) is 1. The topological polar surface area (TPSA) is 29.1 Å². The van der Waals surface area contributed by atoms with Crippen molar-refractivity contribution in [1.29, 1.82) is 0 Å². The van der Waals surface area contributed by atoms with Gasteiger partial charge in [0.15, 0.2) is 0 Å². The van der Waals surface area contributed by atoms with E-state index in [0.29, 0.717) is 16.0 Å². The molecule has 0 saturated heterocycles. The maximum absolute atomic E-state index is 12.1. The van der Waals surface area contributed by atoms with Crippen LogP contribution in [0.15, 0.2) is 48.5 Å². The Morgan fingerprint density at radius 1 is 1.09 bits per heavy atom. The van der Waals surface area contributed by atoms with Gasteiger partial charge in [-0.25, -0.2) is 0 Å². The van der Waals surface area contributed by atoms with Gasteiger partial charge in [0.1, 0.15) is 0 Å². The number of carbonyl (C=O) groups is 1. The first-order chi connectivity index (χ1) is 10.5. The Labute approximate surface area is 140 Å². The minimum absolute atomic E-state index is 0.181. The molecule has 114 valence electrons. The lowest BCUT2D eigenvalue weighted by Gasteiger charge is -2.12. The van der Waals surface area contributed by atoms with Gasteiger partial charge in [-0.1, -0.05) is 61.3 Å². The van der Waals surface area contributed by atoms with Gasteiger partial charge < -0.3 is 5.32 Å². The molecule has 0 spiro atoms. The van der Waals surface area contributed by atoms with Crippen LogP contribution in [0.25, 0.3) is 6.08 Å². The molecule has 1 N–H and O–H groups in total. The fourth-order valence-corrected chi connectivity index (χ4v) is 2.38. The third-order valence-electron chi connectivity index (χ3n) is 3.21. The monoisotopic (exact) mass is 333 g/mol. The second-order valence-corrected chi connectivity index (χ2v) is 6.05. The standard InChI is InChI=1S/C18H17Cl2NO/c1-12(2)14-5-3-4-6-17(14)21-18(22)10-8-13-7-9-15(19)16(20)11-13/h3-12H,1-2H3,(H,21,22)/b10-8+. The number of para-hydroxylation sites is 1. The third kappa shape index (κ3) is 4.36. The molecule has 0 heterocycles. The summed E-state index contributed by atoms with van der Waals surface area (Å²) in [5.74, 6) is 0.162. The van der Waals surface area contributed by atoms with Crippen LogP contribution in [0.4, 0.5) is 5.69 Å². The number of amides is 1. The highest BCUT2D eigenvalue weighted by molar-refractivity contribution is 6.42. The second kappa shape index (κ2) is 7.48. The van der Waals surface area contributed by atoms with Crippen molar-refractivity contribution in [1.82, 2.24) is 0 Å². The Balaban J connectivity index is 2.10. The van der Waals surface area contributed by atoms with Gasteiger partial charge in [-0.05, 0) is 41.3 Å². The van der Waals surface area contributed by atoms with E-state index in [9.17, 15) is 4.79 Å². The Kier molecular flexibility index (Phi) is 5.64. The van der Waals surface area contributed by atoms with Gasteiger partial charge in [-0.3, -0.25) is 4.79 Å². The van der Waals surface area contributed by atoms with Crippen LogP contribution in [0.2, 0.25) is 10.0 Å². The molecule has 0 aliphatic heterocycles. The number of carbonyl (C=O) groups excluding carboxylic acids is 1. The molecule has 0 aliphatic rings. The minimum Gasteiger partial charge on any atom is -0.322 e. The zero-order valence-corrected chi connectivity index (χ0v) is 13.9. The van der Waals surface area contributed by atoms with E-state index in [2.05, 4.69) is 19.2 Å². The van der Waals surface area contributed by atoms with Crippen molar-refractivity contribution in [2.24, 2.45) is 0 Å². The van der Waals surface area contributed by atoms with Crippen molar-refractivity contribution in [2.75, 3.05) is 5.32 Å². The zero-order chi connectivity index (χ0) is 16.1. The Hall–Kier alpha value is -1.77. The predicted octanol–water partition coefficient (Wildman–Crippen LogP) is 5.77. The van der Waals surface area contributed by atoms with Crippen molar-refractivity contribution >= 4 is 40.9 Å². The Morgan fingerprint density at radius 3 is 2.50 bits per heavy atom. The van der Waals surface area contributed by atoms with E-state index in [1.54, 1.807) is 24.3 Å². The minimum atomic E-state index is -0.181. The molecule has 0 aliphatic carbocycles. The van der Waals surface area contributed by atoms with Crippen LogP contribution in [0, 0.1) is 0 Å². The summed E-state index contributed by atoms with van der Waals surface area (Å²) in [7, 11) is 0. The SMILES string of the molecule is CC(C)c1ccccc1NC(=O)/C=C/c1ccc(Cl)c(Cl)c1. The lowest BCUT2D eigenvalue weighted by Crippen LogP contribution is -2.10. The summed E-state index contributed by atoms with van der Waals surface area (Å²) in [6.45, 7) is 4.19. The van der Waals surface area contributed by atoms with E-state index in [1.165, 1.54) is 6.08 Å². The fourth-order valence-electron chi connectivity index (χ4n) is 2.08. The molecule has 0 saturated carbocycles. The Morgan fingerprint density at radius 2 is 1.82 bits per heavy atom. The number of anilines is 1. The molecule has 0 bridgehead atoms. The Bertz CT molecular complexity index is 708. The van der Waals surface area contributed by atoms with Crippen LogP contribution in [-0.4, -0.2) is 5.91 Å². The van der Waals surface area contributed by atoms with Crippen molar-refractivity contribution in [3.63, 3.8) is 0 Å². The molecule has 4 heteroatoms. The van der Waals surface area contributed by atoms with Gasteiger partial charge in [0.25, 0.3) is 0 Å². The van der Waals surface area contributed by atoms with Crippen molar-refractivity contribution in [3.05, 3.63) is 69.7 Å². The molecule has 2 aromatic carbocycles. The summed E-state index contributed by atoms with van der Waals surface area (Å²) in [6, 6.07) is 13.0. The van der Waals surface area contributed by atoms with Crippen LogP contribution in [-0.2, 0) is 4.79 Å². The van der Waals surface area contributed by atoms with E-state index in [-0.39, 0.29) is 5.91 Å². The summed E-state index contributed by atoms with van der Waals surface area (Å²) >= 11 is 11.8. The highest BCUT2D eigenvalue weighted by Crippen LogP contribution is 2.24. The predicted molar refractivity (Wildman–Crippen MR) is 94.7 cm³/mol. The van der Waals surface area contributed by atoms with Gasteiger partial charge >= 0.3 is 0 Å². The fraction of sp³-hybridized carbons (Fsp3) is 0.167. The number of hydrogen-bond donors (Lipinski definition) is 1. The molecule has 22 heavy (non-hydrogen) atoms. The molecule has 2 nitrogen and oxygen atoms in total. The van der Waals surface area contributed by atoms with Crippen LogP contribution in [0.5, 0.6) is 0 Å². The first-order valence-corrected chi connectivity index (χ1v) is 7.76.